The number of carbonyl (C=O) groups is 1. The lowest BCUT2D eigenvalue weighted by molar-refractivity contribution is -0.0463. The van der Waals surface area contributed by atoms with Gasteiger partial charge in [-0.3, -0.25) is 13.8 Å². The van der Waals surface area contributed by atoms with Crippen molar-refractivity contribution in [2.24, 2.45) is 17.6 Å². The number of nitrogens with two attached hydrogens (primary N) is 3. The number of halogens is 1. The minimum atomic E-state index is -4.22. The van der Waals surface area contributed by atoms with E-state index >= 15 is 4.39 Å². The van der Waals surface area contributed by atoms with Gasteiger partial charge >= 0.3 is 13.6 Å². The first-order chi connectivity index (χ1) is 21.8. The second-order valence-electron chi connectivity index (χ2n) is 11.0. The molecule has 1 aromatic carbocycles. The smallest absolute Gasteiger partial charge is 0.382 e. The Morgan fingerprint density at radius 2 is 1.80 bits per heavy atom. The molecule has 6 N–H and O–H groups in total. The molecule has 3 unspecified atom stereocenters. The number of aromatic nitrogens is 7. The van der Waals surface area contributed by atoms with Gasteiger partial charge in [-0.2, -0.15) is 9.97 Å². The predicted octanol–water partition coefficient (Wildman–Crippen LogP) is 2.47. The van der Waals surface area contributed by atoms with E-state index in [0.717, 1.165) is 4.68 Å². The van der Waals surface area contributed by atoms with Gasteiger partial charge < -0.3 is 35.6 Å². The zero-order valence-electron chi connectivity index (χ0n) is 23.5. The van der Waals surface area contributed by atoms with Crippen LogP contribution in [0.2, 0.25) is 0 Å². The lowest BCUT2D eigenvalue weighted by Gasteiger charge is -2.45. The van der Waals surface area contributed by atoms with E-state index in [4.69, 9.17) is 40.0 Å². The monoisotopic (exact) mass is 716 g/mol. The zero-order valence-corrected chi connectivity index (χ0v) is 27.1. The molecule has 246 valence electrons. The van der Waals surface area contributed by atoms with Crippen LogP contribution in [0.4, 0.5) is 16.2 Å². The molecule has 0 spiro atoms. The Bertz CT molecular complexity index is 1950. The van der Waals surface area contributed by atoms with Crippen LogP contribution in [0.25, 0.3) is 22.2 Å². The van der Waals surface area contributed by atoms with Crippen molar-refractivity contribution in [3.63, 3.8) is 0 Å². The van der Waals surface area contributed by atoms with Crippen molar-refractivity contribution in [1.82, 2.24) is 34.5 Å². The van der Waals surface area contributed by atoms with Gasteiger partial charge in [0.05, 0.1) is 37.2 Å². The fourth-order valence-electron chi connectivity index (χ4n) is 6.00. The number of fused-ring (bicyclic) bond motifs is 4. The number of anilines is 2. The number of primary amides is 1. The maximum absolute atomic E-state index is 16.1. The summed E-state index contributed by atoms with van der Waals surface area (Å²) in [5, 5.41) is 7.92. The van der Waals surface area contributed by atoms with E-state index in [9.17, 15) is 13.9 Å². The van der Waals surface area contributed by atoms with Crippen LogP contribution in [0.1, 0.15) is 29.0 Å². The van der Waals surface area contributed by atoms with E-state index < -0.39 is 50.7 Å². The number of nitrogen functional groups attached to an aromatic ring is 2. The van der Waals surface area contributed by atoms with Crippen LogP contribution in [0.3, 0.4) is 0 Å². The number of nitrogens with zero attached hydrogens (tertiary/aromatic N) is 7. The van der Waals surface area contributed by atoms with E-state index in [0.29, 0.717) is 17.6 Å². The average Bonchev–Trinajstić information content (AvgIpc) is 3.67. The molecular formula is C23H27FN10O8P2S2. The van der Waals surface area contributed by atoms with E-state index in [2.05, 4.69) is 49.8 Å². The number of amides is 1. The number of hydrogen-bond acceptors (Lipinski definition) is 15. The summed E-state index contributed by atoms with van der Waals surface area (Å²) in [6, 6.07) is 4.22. The molecule has 0 bridgehead atoms. The summed E-state index contributed by atoms with van der Waals surface area (Å²) in [6.07, 6.45) is -4.40. The number of alkyl halides is 1. The third-order valence-electron chi connectivity index (χ3n) is 8.28. The Morgan fingerprint density at radius 1 is 1.04 bits per heavy atom. The van der Waals surface area contributed by atoms with Crippen molar-refractivity contribution in [3.05, 3.63) is 30.1 Å². The summed E-state index contributed by atoms with van der Waals surface area (Å²) >= 11 is 8.23. The second kappa shape index (κ2) is 11.7. The predicted molar refractivity (Wildman–Crippen MR) is 166 cm³/mol. The first kappa shape index (κ1) is 31.7. The number of imidazole rings is 1. The van der Waals surface area contributed by atoms with Gasteiger partial charge in [-0.15, -0.1) is 5.10 Å². The molecule has 23 heteroatoms. The van der Waals surface area contributed by atoms with Gasteiger partial charge in [0.2, 0.25) is 5.95 Å². The molecule has 5 heterocycles. The first-order valence-corrected chi connectivity index (χ1v) is 19.2. The lowest BCUT2D eigenvalue weighted by Crippen LogP contribution is -2.43. The summed E-state index contributed by atoms with van der Waals surface area (Å²) in [6.45, 7) is -9.07. The van der Waals surface area contributed by atoms with Gasteiger partial charge in [0, 0.05) is 12.0 Å². The topological polar surface area (TPSA) is 250 Å². The molecule has 1 aliphatic carbocycles. The zero-order chi connectivity index (χ0) is 32.5. The van der Waals surface area contributed by atoms with E-state index in [1.54, 1.807) is 4.57 Å². The van der Waals surface area contributed by atoms with Crippen molar-refractivity contribution < 1.29 is 41.1 Å². The number of hydrogen-bond donors (Lipinski definition) is 5. The summed E-state index contributed by atoms with van der Waals surface area (Å²) in [4.78, 5) is 24.3. The summed E-state index contributed by atoms with van der Waals surface area (Å²) in [7, 11) is 0. The highest BCUT2D eigenvalue weighted by molar-refractivity contribution is 8.44. The van der Waals surface area contributed by atoms with E-state index in [1.807, 2.05) is 0 Å². The maximum Gasteiger partial charge on any atom is 0.386 e. The SMILES string of the molecule is NC(=O)c1cccc2c1nnn2[C@@H]1O[C@@H]2COP(=O)(S)OCC3[C@@H](COP(=O)(S)O[C@H]2[C@@H]1F)C[C@H]3n1cnc2c(N)nc(N)nc21. The van der Waals surface area contributed by atoms with Crippen LogP contribution < -0.4 is 17.2 Å². The van der Waals surface area contributed by atoms with Crippen molar-refractivity contribution >= 4 is 78.0 Å². The molecule has 1 amide bonds. The number of thiol groups is 2. The average molecular weight is 717 g/mol. The van der Waals surface area contributed by atoms with Gasteiger partial charge in [-0.1, -0.05) is 35.8 Å². The first-order valence-electron chi connectivity index (χ1n) is 13.8. The molecule has 18 nitrogen and oxygen atoms in total. The minimum Gasteiger partial charge on any atom is -0.382 e. The van der Waals surface area contributed by atoms with Crippen molar-refractivity contribution in [1.29, 1.82) is 0 Å². The number of ether oxygens (including phenoxy) is 1. The number of rotatable bonds is 3. The summed E-state index contributed by atoms with van der Waals surface area (Å²) in [5.74, 6) is -1.36. The second-order valence-corrected chi connectivity index (χ2v) is 16.8. The standard InChI is InChI=1S/C23H27FN10O8P2S2/c24-15-18-14(41-22(15)34-12-3-1-2-10(20(26)35)16(12)31-32-34)7-40-43(36,45)39-6-11-9(5-38-44(37,46)42-18)4-13(11)33-8-28-17-19(25)29-23(27)30-21(17)33/h1-3,8-9,11,13-15,18,22H,4-7H2,(H2,26,35)(H,36,45)(H,37,46)(H4,25,27,29,30)/t9-,11?,13-,14-,15+,18-,22-,43?,44?/m1/s1. The van der Waals surface area contributed by atoms with Crippen LogP contribution in [-0.4, -0.2) is 78.6 Å². The fourth-order valence-corrected chi connectivity index (χ4v) is 8.69. The molecular weight excluding hydrogens is 689 g/mol. The Balaban J connectivity index is 1.14. The Labute approximate surface area is 269 Å². The number of carbonyl (C=O) groups excluding carboxylic acids is 1. The highest BCUT2D eigenvalue weighted by Crippen LogP contribution is 2.60. The summed E-state index contributed by atoms with van der Waals surface area (Å²) < 4.78 is 74.0. The third kappa shape index (κ3) is 5.67. The normalized spacial score (nSPS) is 35.4. The molecule has 0 radical (unpaired) electrons. The minimum absolute atomic E-state index is 0.0350. The van der Waals surface area contributed by atoms with E-state index in [1.165, 1.54) is 24.5 Å². The maximum atomic E-state index is 16.1. The van der Waals surface area contributed by atoms with Crippen molar-refractivity contribution in [2.75, 3.05) is 31.3 Å². The van der Waals surface area contributed by atoms with Crippen molar-refractivity contribution in [2.45, 2.75) is 37.1 Å². The molecule has 2 saturated heterocycles. The summed E-state index contributed by atoms with van der Waals surface area (Å²) in [5.41, 5.74) is 18.4. The van der Waals surface area contributed by atoms with E-state index in [-0.39, 0.29) is 59.5 Å². The third-order valence-corrected chi connectivity index (χ3v) is 11.5. The molecule has 3 aliphatic rings. The molecule has 46 heavy (non-hydrogen) atoms. The molecule has 3 aromatic heterocycles. The van der Waals surface area contributed by atoms with Gasteiger partial charge in [0.1, 0.15) is 23.2 Å². The van der Waals surface area contributed by atoms with Gasteiger partial charge in [-0.25, -0.2) is 23.2 Å². The lowest BCUT2D eigenvalue weighted by atomic mass is 9.70. The Kier molecular flexibility index (Phi) is 8.05. The molecule has 9 atom stereocenters. The molecule has 2 aliphatic heterocycles. The van der Waals surface area contributed by atoms with Crippen LogP contribution in [-0.2, 0) is 32.0 Å². The highest BCUT2D eigenvalue weighted by atomic mass is 32.7. The molecule has 1 saturated carbocycles. The Morgan fingerprint density at radius 3 is 2.59 bits per heavy atom. The van der Waals surface area contributed by atoms with Crippen LogP contribution in [0, 0.1) is 11.8 Å². The van der Waals surface area contributed by atoms with Gasteiger partial charge in [0.25, 0.3) is 5.91 Å². The van der Waals surface area contributed by atoms with Crippen LogP contribution in [0.15, 0.2) is 24.5 Å². The largest absolute Gasteiger partial charge is 0.386 e. The molecule has 4 aromatic rings. The van der Waals surface area contributed by atoms with Crippen LogP contribution >= 0.6 is 38.1 Å². The fraction of sp³-hybridized carbons (Fsp3) is 0.478. The number of benzene rings is 1. The highest BCUT2D eigenvalue weighted by Gasteiger charge is 2.52. The quantitative estimate of drug-likeness (QED) is 0.151. The van der Waals surface area contributed by atoms with Gasteiger partial charge in [-0.05, 0) is 24.5 Å². The van der Waals surface area contributed by atoms with Gasteiger partial charge in [0.15, 0.2) is 23.9 Å². The van der Waals surface area contributed by atoms with Crippen molar-refractivity contribution in [3.8, 4) is 0 Å². The Hall–Kier alpha value is -2.87. The molecule has 7 rings (SSSR count). The molecule has 3 fully saturated rings. The van der Waals surface area contributed by atoms with Crippen LogP contribution in [0.5, 0.6) is 0 Å².